The molecule has 20 heavy (non-hydrogen) atoms. The van der Waals surface area contributed by atoms with E-state index in [2.05, 4.69) is 10.6 Å². The molecular formula is C11H23N3O5S. The van der Waals surface area contributed by atoms with Gasteiger partial charge in [0.1, 0.15) is 0 Å². The number of hydrogen-bond donors (Lipinski definition) is 3. The summed E-state index contributed by atoms with van der Waals surface area (Å²) in [5, 5.41) is 13.5. The van der Waals surface area contributed by atoms with Gasteiger partial charge in [0.25, 0.3) is 0 Å². The number of nitrogens with zero attached hydrogens (tertiary/aromatic N) is 1. The highest BCUT2D eigenvalue weighted by atomic mass is 32.2. The number of urea groups is 1. The maximum absolute atomic E-state index is 11.3. The third kappa shape index (κ3) is 9.56. The van der Waals surface area contributed by atoms with E-state index < -0.39 is 16.0 Å². The lowest BCUT2D eigenvalue weighted by Gasteiger charge is -2.17. The fourth-order valence-electron chi connectivity index (χ4n) is 1.52. The lowest BCUT2D eigenvalue weighted by molar-refractivity contribution is -0.137. The Hall–Kier alpha value is -1.35. The van der Waals surface area contributed by atoms with Gasteiger partial charge in [-0.15, -0.1) is 0 Å². The summed E-state index contributed by atoms with van der Waals surface area (Å²) in [6, 6.07) is -0.377. The molecule has 0 unspecified atom stereocenters. The van der Waals surface area contributed by atoms with Crippen molar-refractivity contribution in [1.82, 2.24) is 14.9 Å². The molecule has 0 heterocycles. The van der Waals surface area contributed by atoms with Crippen molar-refractivity contribution >= 4 is 22.0 Å². The summed E-state index contributed by atoms with van der Waals surface area (Å²) in [5.74, 6) is -0.896. The van der Waals surface area contributed by atoms with Gasteiger partial charge in [0.05, 0.1) is 6.26 Å². The first-order chi connectivity index (χ1) is 9.27. The number of carboxylic acid groups (broad SMARTS) is 1. The van der Waals surface area contributed by atoms with Crippen molar-refractivity contribution in [3.63, 3.8) is 0 Å². The molecule has 0 bridgehead atoms. The van der Waals surface area contributed by atoms with Gasteiger partial charge < -0.3 is 15.7 Å². The van der Waals surface area contributed by atoms with E-state index in [9.17, 15) is 18.0 Å². The Bertz CT molecular complexity index is 410. The monoisotopic (exact) mass is 309 g/mol. The minimum absolute atomic E-state index is 0.0140. The Balaban J connectivity index is 3.69. The Labute approximate surface area is 119 Å². The van der Waals surface area contributed by atoms with E-state index in [1.807, 2.05) is 0 Å². The van der Waals surface area contributed by atoms with Crippen LogP contribution in [-0.4, -0.2) is 62.3 Å². The van der Waals surface area contributed by atoms with Gasteiger partial charge in [-0.1, -0.05) is 6.92 Å². The first kappa shape index (κ1) is 18.7. The molecule has 8 nitrogen and oxygen atoms in total. The normalized spacial score (nSPS) is 11.3. The molecule has 0 radical (unpaired) electrons. The molecule has 0 aromatic rings. The lowest BCUT2D eigenvalue weighted by atomic mass is 10.3. The number of nitrogens with one attached hydrogen (secondary N) is 2. The minimum atomic E-state index is -3.19. The molecule has 9 heteroatoms. The molecule has 0 saturated carbocycles. The number of carbonyl (C=O) groups is 2. The zero-order valence-corrected chi connectivity index (χ0v) is 12.7. The standard InChI is InChI=1S/C11H23N3O5S/c1-3-14(20(2,18)19)9-5-8-13-11(17)12-7-4-6-10(15)16/h3-9H2,1-2H3,(H,15,16)(H2,12,13,17). The quantitative estimate of drug-likeness (QED) is 0.484. The molecule has 0 aromatic carbocycles. The molecule has 0 atom stereocenters. The maximum Gasteiger partial charge on any atom is 0.314 e. The molecule has 0 spiro atoms. The summed E-state index contributed by atoms with van der Waals surface area (Å²) in [4.78, 5) is 21.5. The second-order valence-corrected chi connectivity index (χ2v) is 6.27. The van der Waals surface area contributed by atoms with Gasteiger partial charge >= 0.3 is 12.0 Å². The second-order valence-electron chi connectivity index (χ2n) is 4.29. The summed E-state index contributed by atoms with van der Waals surface area (Å²) in [5.41, 5.74) is 0. The van der Waals surface area contributed by atoms with Crippen LogP contribution in [0.5, 0.6) is 0 Å². The number of hydrogen-bond acceptors (Lipinski definition) is 4. The SMILES string of the molecule is CCN(CCCNC(=O)NCCCC(=O)O)S(C)(=O)=O. The number of carbonyl (C=O) groups excluding carboxylic acids is 1. The molecular weight excluding hydrogens is 286 g/mol. The smallest absolute Gasteiger partial charge is 0.314 e. The maximum atomic E-state index is 11.3. The predicted molar refractivity (Wildman–Crippen MR) is 75.0 cm³/mol. The van der Waals surface area contributed by atoms with Crippen LogP contribution < -0.4 is 10.6 Å². The zero-order valence-electron chi connectivity index (χ0n) is 11.9. The van der Waals surface area contributed by atoms with Crippen molar-refractivity contribution in [3.8, 4) is 0 Å². The number of amides is 2. The molecule has 3 N–H and O–H groups in total. The van der Waals surface area contributed by atoms with Gasteiger partial charge in [-0.3, -0.25) is 4.79 Å². The first-order valence-electron chi connectivity index (χ1n) is 6.46. The van der Waals surface area contributed by atoms with Gasteiger partial charge in [0.2, 0.25) is 10.0 Å². The molecule has 0 aliphatic carbocycles. The fraction of sp³-hybridized carbons (Fsp3) is 0.818. The van der Waals surface area contributed by atoms with Crippen LogP contribution in [0, 0.1) is 0 Å². The van der Waals surface area contributed by atoms with Crippen molar-refractivity contribution < 1.29 is 23.1 Å². The molecule has 0 saturated heterocycles. The van der Waals surface area contributed by atoms with Gasteiger partial charge in [0, 0.05) is 32.6 Å². The number of aliphatic carboxylic acids is 1. The molecule has 0 fully saturated rings. The third-order valence-corrected chi connectivity index (χ3v) is 3.92. The largest absolute Gasteiger partial charge is 0.481 e. The number of rotatable bonds is 10. The minimum Gasteiger partial charge on any atom is -0.481 e. The molecule has 118 valence electrons. The average Bonchev–Trinajstić information content (AvgIpc) is 2.32. The summed E-state index contributed by atoms with van der Waals surface area (Å²) in [6.07, 6.45) is 2.06. The van der Waals surface area contributed by atoms with E-state index in [-0.39, 0.29) is 12.5 Å². The number of carboxylic acids is 1. The first-order valence-corrected chi connectivity index (χ1v) is 8.30. The Morgan fingerprint density at radius 1 is 1.15 bits per heavy atom. The zero-order chi connectivity index (χ0) is 15.6. The van der Waals surface area contributed by atoms with Crippen molar-refractivity contribution in [2.45, 2.75) is 26.2 Å². The van der Waals surface area contributed by atoms with Crippen LogP contribution in [0.1, 0.15) is 26.2 Å². The van der Waals surface area contributed by atoms with E-state index in [4.69, 9.17) is 5.11 Å². The third-order valence-electron chi connectivity index (χ3n) is 2.54. The Kier molecular flexibility index (Phi) is 8.89. The number of sulfonamides is 1. The summed E-state index contributed by atoms with van der Waals surface area (Å²) >= 11 is 0. The lowest BCUT2D eigenvalue weighted by Crippen LogP contribution is -2.38. The average molecular weight is 309 g/mol. The summed E-state index contributed by atoms with van der Waals surface area (Å²) < 4.78 is 23.9. The Morgan fingerprint density at radius 2 is 1.70 bits per heavy atom. The van der Waals surface area contributed by atoms with Crippen LogP contribution in [0.15, 0.2) is 0 Å². The molecule has 0 aliphatic rings. The topological polar surface area (TPSA) is 116 Å². The fourth-order valence-corrected chi connectivity index (χ4v) is 2.45. The van der Waals surface area contributed by atoms with Crippen molar-refractivity contribution in [1.29, 1.82) is 0 Å². The molecule has 0 aromatic heterocycles. The van der Waals surface area contributed by atoms with Crippen LogP contribution in [0.2, 0.25) is 0 Å². The van der Waals surface area contributed by atoms with Crippen LogP contribution in [0.3, 0.4) is 0 Å². The highest BCUT2D eigenvalue weighted by Gasteiger charge is 2.13. The van der Waals surface area contributed by atoms with Crippen LogP contribution >= 0.6 is 0 Å². The van der Waals surface area contributed by atoms with Crippen molar-refractivity contribution in [3.05, 3.63) is 0 Å². The second kappa shape index (κ2) is 9.54. The highest BCUT2D eigenvalue weighted by Crippen LogP contribution is 1.98. The molecule has 0 rings (SSSR count). The van der Waals surface area contributed by atoms with Crippen LogP contribution in [-0.2, 0) is 14.8 Å². The molecule has 2 amide bonds. The van der Waals surface area contributed by atoms with Gasteiger partial charge in [-0.25, -0.2) is 17.5 Å². The van der Waals surface area contributed by atoms with Crippen molar-refractivity contribution in [2.24, 2.45) is 0 Å². The van der Waals surface area contributed by atoms with Crippen LogP contribution in [0.4, 0.5) is 4.79 Å². The predicted octanol–water partition coefficient (Wildman–Crippen LogP) is -0.178. The van der Waals surface area contributed by atoms with E-state index in [1.54, 1.807) is 6.92 Å². The molecule has 0 aliphatic heterocycles. The van der Waals surface area contributed by atoms with Gasteiger partial charge in [-0.2, -0.15) is 0 Å². The van der Waals surface area contributed by atoms with E-state index >= 15 is 0 Å². The van der Waals surface area contributed by atoms with Gasteiger partial charge in [0.15, 0.2) is 0 Å². The van der Waals surface area contributed by atoms with Gasteiger partial charge in [-0.05, 0) is 12.8 Å². The van der Waals surface area contributed by atoms with E-state index in [0.717, 1.165) is 6.26 Å². The van der Waals surface area contributed by atoms with Crippen molar-refractivity contribution in [2.75, 3.05) is 32.4 Å². The Morgan fingerprint density at radius 3 is 2.15 bits per heavy atom. The van der Waals surface area contributed by atoms with E-state index in [0.29, 0.717) is 39.0 Å². The van der Waals surface area contributed by atoms with E-state index in [1.165, 1.54) is 4.31 Å². The summed E-state index contributed by atoms with van der Waals surface area (Å²) in [6.45, 7) is 3.16. The summed E-state index contributed by atoms with van der Waals surface area (Å²) in [7, 11) is -3.19. The van der Waals surface area contributed by atoms with Crippen LogP contribution in [0.25, 0.3) is 0 Å². The highest BCUT2D eigenvalue weighted by molar-refractivity contribution is 7.88.